The Morgan fingerprint density at radius 3 is 2.24 bits per heavy atom. The highest BCUT2D eigenvalue weighted by Gasteiger charge is 2.34. The van der Waals surface area contributed by atoms with Gasteiger partial charge >= 0.3 is 11.9 Å². The quantitative estimate of drug-likeness (QED) is 0.101. The standard InChI is InChI=1S/C43H55N5O7/c1-10-16-54-18-19-55-17-15-44-43(51)40-27(7)35-23-37-29(12-3)25(5)33(46-37)22-36-28(11-2)24(4)32(45-36)21-34-26(6)30(13-14-38(49)52-8)41(47-34)31(42(40)48-35)20-39(50)53-9/h11,21-23,26,30,46,48H,2,10,12-20H2,1,3-9H3,(H,44,51). The number of amides is 1. The Kier molecular flexibility index (Phi) is 13.8. The van der Waals surface area contributed by atoms with E-state index in [0.717, 1.165) is 63.2 Å². The highest BCUT2D eigenvalue weighted by atomic mass is 16.5. The van der Waals surface area contributed by atoms with E-state index in [1.54, 1.807) is 0 Å². The molecule has 1 amide bonds. The molecule has 0 aromatic carbocycles. The summed E-state index contributed by atoms with van der Waals surface area (Å²) in [7, 11) is 2.71. The number of carbonyl (C=O) groups is 3. The molecule has 2 atom stereocenters. The molecule has 2 unspecified atom stereocenters. The number of fused-ring (bicyclic) bond motifs is 8. The van der Waals surface area contributed by atoms with Crippen LogP contribution >= 0.6 is 0 Å². The van der Waals surface area contributed by atoms with E-state index in [4.69, 9.17) is 28.9 Å². The number of allylic oxidation sites excluding steroid dienone is 3. The van der Waals surface area contributed by atoms with E-state index in [-0.39, 0.29) is 43.1 Å². The van der Waals surface area contributed by atoms with Crippen LogP contribution in [-0.2, 0) is 41.4 Å². The van der Waals surface area contributed by atoms with Crippen LogP contribution in [0, 0.1) is 13.8 Å². The molecule has 3 N–H and O–H groups in total. The van der Waals surface area contributed by atoms with Gasteiger partial charge in [0.2, 0.25) is 0 Å². The van der Waals surface area contributed by atoms with Crippen LogP contribution in [0.15, 0.2) is 30.9 Å². The summed E-state index contributed by atoms with van der Waals surface area (Å²) in [5.41, 5.74) is 11.6. The van der Waals surface area contributed by atoms with Gasteiger partial charge < -0.3 is 34.2 Å². The molecule has 2 aliphatic heterocycles. The molecule has 5 heterocycles. The Hall–Kier alpha value is -5.07. The van der Waals surface area contributed by atoms with Crippen molar-refractivity contribution in [3.05, 3.63) is 81.4 Å². The first-order valence-electron chi connectivity index (χ1n) is 19.1. The molecule has 294 valence electrons. The fourth-order valence-electron chi connectivity index (χ4n) is 7.50. The second-order valence-electron chi connectivity index (χ2n) is 14.0. The van der Waals surface area contributed by atoms with Gasteiger partial charge in [-0.2, -0.15) is 0 Å². The monoisotopic (exact) mass is 753 g/mol. The number of aryl methyl sites for hydroxylation is 3. The van der Waals surface area contributed by atoms with Gasteiger partial charge in [0.25, 0.3) is 5.91 Å². The lowest BCUT2D eigenvalue weighted by molar-refractivity contribution is -0.141. The van der Waals surface area contributed by atoms with Crippen LogP contribution in [0.1, 0.15) is 114 Å². The van der Waals surface area contributed by atoms with Gasteiger partial charge in [-0.15, -0.1) is 0 Å². The van der Waals surface area contributed by atoms with Gasteiger partial charge in [0.1, 0.15) is 0 Å². The number of aromatic nitrogens is 4. The van der Waals surface area contributed by atoms with Crippen LogP contribution in [0.3, 0.4) is 0 Å². The third-order valence-corrected chi connectivity index (χ3v) is 10.7. The van der Waals surface area contributed by atoms with Crippen LogP contribution in [0.4, 0.5) is 0 Å². The lowest BCUT2D eigenvalue weighted by atomic mass is 9.85. The molecule has 0 saturated heterocycles. The highest BCUT2D eigenvalue weighted by Crippen LogP contribution is 2.43. The molecular weight excluding hydrogens is 699 g/mol. The predicted molar refractivity (Wildman–Crippen MR) is 215 cm³/mol. The smallest absolute Gasteiger partial charge is 0.310 e. The minimum atomic E-state index is -0.492. The van der Waals surface area contributed by atoms with Crippen molar-refractivity contribution in [1.82, 2.24) is 25.3 Å². The number of carbonyl (C=O) groups excluding carboxylic acids is 3. The molecular formula is C43H55N5O7. The van der Waals surface area contributed by atoms with E-state index in [1.807, 2.05) is 32.1 Å². The normalized spacial score (nSPS) is 15.3. The first-order valence-corrected chi connectivity index (χ1v) is 19.1. The van der Waals surface area contributed by atoms with Crippen molar-refractivity contribution in [2.24, 2.45) is 0 Å². The summed E-state index contributed by atoms with van der Waals surface area (Å²) in [5, 5.41) is 3.03. The Bertz CT molecular complexity index is 2140. The number of aromatic amines is 2. The summed E-state index contributed by atoms with van der Waals surface area (Å²) in [6.45, 7) is 18.5. The number of nitrogens with zero attached hydrogens (tertiary/aromatic N) is 2. The molecule has 3 aromatic heterocycles. The van der Waals surface area contributed by atoms with Gasteiger partial charge in [-0.1, -0.05) is 33.4 Å². The Morgan fingerprint density at radius 1 is 0.855 bits per heavy atom. The van der Waals surface area contributed by atoms with Gasteiger partial charge in [-0.3, -0.25) is 19.4 Å². The maximum absolute atomic E-state index is 14.3. The first kappa shape index (κ1) is 41.1. The van der Waals surface area contributed by atoms with Crippen molar-refractivity contribution < 1.29 is 33.3 Å². The molecule has 12 heteroatoms. The zero-order valence-electron chi connectivity index (χ0n) is 33.5. The third kappa shape index (κ3) is 8.92. The van der Waals surface area contributed by atoms with E-state index in [0.29, 0.717) is 66.3 Å². The number of rotatable bonds is 16. The number of hydrogen-bond acceptors (Lipinski definition) is 9. The van der Waals surface area contributed by atoms with Crippen LogP contribution in [0.2, 0.25) is 0 Å². The summed E-state index contributed by atoms with van der Waals surface area (Å²) in [6, 6.07) is 6.05. The number of ether oxygens (including phenoxy) is 4. The summed E-state index contributed by atoms with van der Waals surface area (Å²) < 4.78 is 21.5. The van der Waals surface area contributed by atoms with Crippen LogP contribution in [0.25, 0.3) is 33.2 Å². The van der Waals surface area contributed by atoms with E-state index < -0.39 is 5.97 Å². The van der Waals surface area contributed by atoms with Crippen LogP contribution in [0.5, 0.6) is 0 Å². The van der Waals surface area contributed by atoms with Gasteiger partial charge in [-0.25, -0.2) is 4.98 Å². The van der Waals surface area contributed by atoms with Gasteiger partial charge in [0, 0.05) is 64.8 Å². The third-order valence-electron chi connectivity index (χ3n) is 10.7. The van der Waals surface area contributed by atoms with Gasteiger partial charge in [-0.05, 0) is 80.5 Å². The molecule has 0 aliphatic carbocycles. The molecule has 3 aromatic rings. The molecule has 2 aliphatic rings. The summed E-state index contributed by atoms with van der Waals surface area (Å²) in [6.07, 6.45) is 3.91. The van der Waals surface area contributed by atoms with Crippen molar-refractivity contribution in [1.29, 1.82) is 0 Å². The minimum absolute atomic E-state index is 0.143. The first-order chi connectivity index (χ1) is 26.5. The summed E-state index contributed by atoms with van der Waals surface area (Å²) in [5.74, 6) is -1.63. The highest BCUT2D eigenvalue weighted by molar-refractivity contribution is 6.06. The number of hydrogen-bond donors (Lipinski definition) is 3. The SMILES string of the molecule is C=CC1=C(C)c2cc3nc(c(CC(=O)OC)c4[nH]c(cc5[nH]c(cc1n2)c(C)c5CC)c(C)c4C(=O)NCCOCCOCCC)C(CCC(=O)OC)C3C. The zero-order chi connectivity index (χ0) is 39.8. The van der Waals surface area contributed by atoms with Crippen LogP contribution < -0.4 is 5.32 Å². The predicted octanol–water partition coefficient (Wildman–Crippen LogP) is 7.34. The zero-order valence-corrected chi connectivity index (χ0v) is 33.5. The summed E-state index contributed by atoms with van der Waals surface area (Å²) >= 11 is 0. The minimum Gasteiger partial charge on any atom is -0.469 e. The number of methoxy groups -OCH3 is 2. The maximum atomic E-state index is 14.3. The fourth-order valence-corrected chi connectivity index (χ4v) is 7.50. The molecule has 5 rings (SSSR count). The lowest BCUT2D eigenvalue weighted by Crippen LogP contribution is -2.28. The second-order valence-corrected chi connectivity index (χ2v) is 14.0. The molecule has 55 heavy (non-hydrogen) atoms. The molecule has 0 fully saturated rings. The van der Waals surface area contributed by atoms with Crippen molar-refractivity contribution >= 4 is 51.1 Å². The molecule has 0 radical (unpaired) electrons. The topological polar surface area (TPSA) is 158 Å². The Balaban J connectivity index is 1.83. The Morgan fingerprint density at radius 2 is 1.56 bits per heavy atom. The van der Waals surface area contributed by atoms with E-state index >= 15 is 0 Å². The van der Waals surface area contributed by atoms with Crippen molar-refractivity contribution in [2.75, 3.05) is 47.2 Å². The average Bonchev–Trinajstić information content (AvgIpc) is 3.86. The molecule has 0 saturated carbocycles. The van der Waals surface area contributed by atoms with E-state index in [9.17, 15) is 14.4 Å². The largest absolute Gasteiger partial charge is 0.469 e. The Labute approximate surface area is 323 Å². The maximum Gasteiger partial charge on any atom is 0.310 e. The lowest BCUT2D eigenvalue weighted by Gasteiger charge is -2.18. The molecule has 8 bridgehead atoms. The number of H-pyrrole nitrogens is 2. The van der Waals surface area contributed by atoms with E-state index in [2.05, 4.69) is 55.6 Å². The second kappa shape index (κ2) is 18.5. The summed E-state index contributed by atoms with van der Waals surface area (Å²) in [4.78, 5) is 57.5. The molecule has 12 nitrogen and oxygen atoms in total. The number of nitrogens with one attached hydrogen (secondary N) is 3. The van der Waals surface area contributed by atoms with E-state index in [1.165, 1.54) is 14.2 Å². The average molecular weight is 754 g/mol. The molecule has 0 spiro atoms. The van der Waals surface area contributed by atoms with Crippen molar-refractivity contribution in [3.8, 4) is 0 Å². The van der Waals surface area contributed by atoms with Gasteiger partial charge in [0.05, 0.1) is 68.6 Å². The van der Waals surface area contributed by atoms with Crippen molar-refractivity contribution in [2.45, 2.75) is 85.5 Å². The van der Waals surface area contributed by atoms with Crippen molar-refractivity contribution in [3.63, 3.8) is 0 Å². The van der Waals surface area contributed by atoms with Crippen LogP contribution in [-0.4, -0.2) is 85.0 Å². The number of esters is 2. The van der Waals surface area contributed by atoms with Gasteiger partial charge in [0.15, 0.2) is 0 Å². The fraction of sp³-hybridized carbons (Fsp3) is 0.465.